The average molecular weight is 431 g/mol. The predicted molar refractivity (Wildman–Crippen MR) is 86.5 cm³/mol. The highest BCUT2D eigenvalue weighted by Gasteiger charge is 2.30. The first kappa shape index (κ1) is 21.9. The molecule has 0 aromatic heterocycles. The summed E-state index contributed by atoms with van der Waals surface area (Å²) >= 11 is 33.9. The van der Waals surface area contributed by atoms with E-state index in [1.54, 1.807) is 0 Å². The first-order valence-corrected chi connectivity index (χ1v) is 9.88. The number of phosphoric acid groups is 1. The molecular formula is C9H15Cl6O4P. The zero-order chi connectivity index (χ0) is 15.6. The van der Waals surface area contributed by atoms with Crippen LogP contribution in [0.1, 0.15) is 0 Å². The van der Waals surface area contributed by atoms with Crippen LogP contribution in [0.25, 0.3) is 0 Å². The highest BCUT2D eigenvalue weighted by Crippen LogP contribution is 2.50. The quantitative estimate of drug-likeness (QED) is 0.333. The second kappa shape index (κ2) is 12.3. The zero-order valence-electron chi connectivity index (χ0n) is 10.3. The van der Waals surface area contributed by atoms with E-state index in [4.69, 9.17) is 83.2 Å². The maximum absolute atomic E-state index is 12.3. The Balaban J connectivity index is 4.45. The van der Waals surface area contributed by atoms with Gasteiger partial charge in [0, 0.05) is 17.6 Å². The van der Waals surface area contributed by atoms with Crippen LogP contribution in [-0.4, -0.2) is 53.6 Å². The minimum Gasteiger partial charge on any atom is -0.285 e. The smallest absolute Gasteiger partial charge is 0.285 e. The SMILES string of the molecule is O=P(OC[C@H](Cl)CCl)(OC[C@H](Cl)CCl)OC[C@H](Cl)CCl. The van der Waals surface area contributed by atoms with Crippen molar-refractivity contribution >= 4 is 77.4 Å². The van der Waals surface area contributed by atoms with Gasteiger partial charge in [-0.25, -0.2) is 4.57 Å². The number of alkyl halides is 6. The summed E-state index contributed by atoms with van der Waals surface area (Å²) in [6.07, 6.45) is 0. The maximum Gasteiger partial charge on any atom is 0.474 e. The molecule has 0 spiro atoms. The van der Waals surface area contributed by atoms with Crippen LogP contribution in [-0.2, 0) is 18.1 Å². The summed E-state index contributed by atoms with van der Waals surface area (Å²) in [5.41, 5.74) is 0. The zero-order valence-corrected chi connectivity index (χ0v) is 15.8. The Kier molecular flexibility index (Phi) is 13.4. The maximum atomic E-state index is 12.3. The number of phosphoric ester groups is 1. The molecule has 0 amide bonds. The third-order valence-corrected chi connectivity index (χ3v) is 5.57. The molecule has 0 aliphatic rings. The Bertz CT molecular complexity index is 255. The van der Waals surface area contributed by atoms with Crippen molar-refractivity contribution in [2.24, 2.45) is 0 Å². The molecule has 0 rings (SSSR count). The summed E-state index contributed by atoms with van der Waals surface area (Å²) in [6.45, 7) is -0.321. The van der Waals surface area contributed by atoms with E-state index >= 15 is 0 Å². The number of hydrogen-bond donors (Lipinski definition) is 0. The van der Waals surface area contributed by atoms with Gasteiger partial charge >= 0.3 is 7.82 Å². The van der Waals surface area contributed by atoms with E-state index < -0.39 is 24.0 Å². The monoisotopic (exact) mass is 428 g/mol. The molecule has 0 aliphatic heterocycles. The molecule has 0 heterocycles. The van der Waals surface area contributed by atoms with Gasteiger partial charge in [-0.05, 0) is 0 Å². The largest absolute Gasteiger partial charge is 0.474 e. The van der Waals surface area contributed by atoms with Crippen LogP contribution in [0.4, 0.5) is 0 Å². The van der Waals surface area contributed by atoms with Crippen LogP contribution >= 0.6 is 77.4 Å². The van der Waals surface area contributed by atoms with Crippen LogP contribution in [0.3, 0.4) is 0 Å². The molecule has 0 aliphatic carbocycles. The van der Waals surface area contributed by atoms with E-state index in [-0.39, 0.29) is 37.5 Å². The van der Waals surface area contributed by atoms with Gasteiger partial charge in [-0.15, -0.1) is 69.6 Å². The molecule has 122 valence electrons. The molecule has 4 nitrogen and oxygen atoms in total. The van der Waals surface area contributed by atoms with Crippen LogP contribution in [0, 0.1) is 0 Å². The van der Waals surface area contributed by atoms with E-state index in [0.29, 0.717) is 0 Å². The predicted octanol–water partition coefficient (Wildman–Crippen LogP) is 4.68. The molecule has 0 unspecified atom stereocenters. The Hall–Kier alpha value is 1.85. The molecule has 11 heteroatoms. The number of hydrogen-bond acceptors (Lipinski definition) is 4. The summed E-state index contributed by atoms with van der Waals surface area (Å²) in [6, 6.07) is 0. The lowest BCUT2D eigenvalue weighted by atomic mass is 10.5. The van der Waals surface area contributed by atoms with E-state index in [2.05, 4.69) is 0 Å². The molecule has 0 N–H and O–H groups in total. The molecule has 0 bridgehead atoms. The summed E-state index contributed by atoms with van der Waals surface area (Å²) in [5, 5.41) is -1.59. The molecule has 0 fully saturated rings. The van der Waals surface area contributed by atoms with Gasteiger partial charge in [-0.3, -0.25) is 13.6 Å². The molecule has 0 aromatic carbocycles. The van der Waals surface area contributed by atoms with Crippen LogP contribution < -0.4 is 0 Å². The van der Waals surface area contributed by atoms with Gasteiger partial charge in [-0.1, -0.05) is 0 Å². The fourth-order valence-corrected chi connectivity index (χ4v) is 2.79. The van der Waals surface area contributed by atoms with E-state index in [1.165, 1.54) is 0 Å². The average Bonchev–Trinajstić information content (AvgIpc) is 2.47. The van der Waals surface area contributed by atoms with Gasteiger partial charge in [0.1, 0.15) is 0 Å². The van der Waals surface area contributed by atoms with Crippen molar-refractivity contribution in [3.8, 4) is 0 Å². The van der Waals surface area contributed by atoms with Crippen LogP contribution in [0.15, 0.2) is 0 Å². The molecular weight excluding hydrogens is 416 g/mol. The first-order chi connectivity index (χ1) is 9.36. The van der Waals surface area contributed by atoms with E-state index in [1.807, 2.05) is 0 Å². The Morgan fingerprint density at radius 1 is 0.700 bits per heavy atom. The van der Waals surface area contributed by atoms with Gasteiger partial charge < -0.3 is 0 Å². The normalized spacial score (nSPS) is 16.9. The van der Waals surface area contributed by atoms with Crippen LogP contribution in [0.5, 0.6) is 0 Å². The lowest BCUT2D eigenvalue weighted by Gasteiger charge is -2.20. The fourth-order valence-electron chi connectivity index (χ4n) is 0.762. The van der Waals surface area contributed by atoms with Gasteiger partial charge in [0.05, 0.1) is 36.0 Å². The van der Waals surface area contributed by atoms with Gasteiger partial charge in [0.25, 0.3) is 0 Å². The first-order valence-electron chi connectivity index (χ1n) is 5.50. The molecule has 3 atom stereocenters. The van der Waals surface area contributed by atoms with Crippen molar-refractivity contribution in [3.63, 3.8) is 0 Å². The van der Waals surface area contributed by atoms with Crippen molar-refractivity contribution < 1.29 is 18.1 Å². The third kappa shape index (κ3) is 10.6. The van der Waals surface area contributed by atoms with Gasteiger partial charge in [-0.2, -0.15) is 0 Å². The van der Waals surface area contributed by atoms with Crippen LogP contribution in [0.2, 0.25) is 0 Å². The fraction of sp³-hybridized carbons (Fsp3) is 1.00. The molecule has 0 saturated heterocycles. The van der Waals surface area contributed by atoms with Crippen molar-refractivity contribution in [2.45, 2.75) is 16.1 Å². The second-order valence-electron chi connectivity index (χ2n) is 3.59. The second-order valence-corrected chi connectivity index (χ2v) is 8.04. The van der Waals surface area contributed by atoms with Gasteiger partial charge in [0.15, 0.2) is 0 Å². The van der Waals surface area contributed by atoms with E-state index in [9.17, 15) is 4.57 Å². The topological polar surface area (TPSA) is 44.8 Å². The minimum atomic E-state index is -3.85. The Morgan fingerprint density at radius 3 is 1.15 bits per heavy atom. The minimum absolute atomic E-state index is 0.107. The highest BCUT2D eigenvalue weighted by atomic mass is 35.5. The molecule has 0 aromatic rings. The van der Waals surface area contributed by atoms with Crippen molar-refractivity contribution in [2.75, 3.05) is 37.5 Å². The summed E-state index contributed by atoms with van der Waals surface area (Å²) < 4.78 is 27.5. The molecule has 0 radical (unpaired) electrons. The summed E-state index contributed by atoms with van der Waals surface area (Å²) in [5.74, 6) is 0.379. The highest BCUT2D eigenvalue weighted by molar-refractivity contribution is 7.48. The summed E-state index contributed by atoms with van der Waals surface area (Å²) in [7, 11) is -3.85. The van der Waals surface area contributed by atoms with E-state index in [0.717, 1.165) is 0 Å². The standard InChI is InChI=1S/C9H15Cl6O4P/c10-1-7(13)4-17-20(16,18-5-8(14)2-11)19-6-9(15)3-12/h7-9H,1-6H2/t7-,8-,9-/m1/s1. The molecule has 20 heavy (non-hydrogen) atoms. The lowest BCUT2D eigenvalue weighted by Crippen LogP contribution is -2.17. The Labute approximate surface area is 148 Å². The number of halogens is 6. The van der Waals surface area contributed by atoms with Crippen molar-refractivity contribution in [1.29, 1.82) is 0 Å². The Morgan fingerprint density at radius 2 is 0.950 bits per heavy atom. The molecule has 0 saturated carbocycles. The lowest BCUT2D eigenvalue weighted by molar-refractivity contribution is 0.115. The number of rotatable bonds is 12. The summed E-state index contributed by atoms with van der Waals surface area (Å²) in [4.78, 5) is 0. The third-order valence-electron chi connectivity index (χ3n) is 1.74. The van der Waals surface area contributed by atoms with Gasteiger partial charge in [0.2, 0.25) is 0 Å². The van der Waals surface area contributed by atoms with Crippen molar-refractivity contribution in [3.05, 3.63) is 0 Å². The van der Waals surface area contributed by atoms with Crippen molar-refractivity contribution in [1.82, 2.24) is 0 Å².